The Hall–Kier alpha value is -1.38. The van der Waals surface area contributed by atoms with Crippen LogP contribution in [0.5, 0.6) is 0 Å². The highest BCUT2D eigenvalue weighted by Gasteiger charge is 2.10. The Balaban J connectivity index is 2.35. The first-order valence-electron chi connectivity index (χ1n) is 5.01. The van der Waals surface area contributed by atoms with Crippen LogP contribution < -0.4 is 5.32 Å². The summed E-state index contributed by atoms with van der Waals surface area (Å²) in [5.41, 5.74) is 3.51. The van der Waals surface area contributed by atoms with E-state index in [2.05, 4.69) is 31.7 Å². The highest BCUT2D eigenvalue weighted by atomic mass is 79.9. The molecule has 1 aromatic heterocycles. The second kappa shape index (κ2) is 4.86. The zero-order valence-corrected chi connectivity index (χ0v) is 11.8. The molecule has 0 fully saturated rings. The Morgan fingerprint density at radius 2 is 2.18 bits per heavy atom. The average molecular weight is 308 g/mol. The predicted octanol–water partition coefficient (Wildman–Crippen LogP) is 4.14. The molecule has 0 atom stereocenters. The van der Waals surface area contributed by atoms with E-state index in [9.17, 15) is 0 Å². The van der Waals surface area contributed by atoms with Gasteiger partial charge in [-0.05, 0) is 49.1 Å². The van der Waals surface area contributed by atoms with Crippen LogP contribution in [0.2, 0.25) is 0 Å². The highest BCUT2D eigenvalue weighted by Crippen LogP contribution is 2.29. The summed E-state index contributed by atoms with van der Waals surface area (Å²) < 4.78 is 5.22. The number of hydrogen-bond donors (Lipinski definition) is 1. The fraction of sp³-hybridized carbons (Fsp3) is 0.167. The van der Waals surface area contributed by atoms with Crippen LogP contribution in [0.15, 0.2) is 22.7 Å². The number of nitriles is 1. The van der Waals surface area contributed by atoms with Gasteiger partial charge in [-0.25, -0.2) is 0 Å². The van der Waals surface area contributed by atoms with Crippen LogP contribution in [-0.2, 0) is 0 Å². The second-order valence-corrected chi connectivity index (χ2v) is 5.36. The minimum Gasteiger partial charge on any atom is -0.345 e. The van der Waals surface area contributed by atoms with Crippen molar-refractivity contribution >= 4 is 38.2 Å². The summed E-state index contributed by atoms with van der Waals surface area (Å²) in [4.78, 5) is 0. The minimum atomic E-state index is 0.623. The lowest BCUT2D eigenvalue weighted by Gasteiger charge is -2.07. The molecule has 0 saturated carbocycles. The van der Waals surface area contributed by atoms with E-state index in [1.807, 2.05) is 32.0 Å². The Labute approximate surface area is 112 Å². The summed E-state index contributed by atoms with van der Waals surface area (Å²) in [5.74, 6) is 0. The first kappa shape index (κ1) is 12.1. The summed E-state index contributed by atoms with van der Waals surface area (Å²) in [6.45, 7) is 3.86. The molecule has 0 aliphatic rings. The second-order valence-electron chi connectivity index (χ2n) is 3.67. The number of benzene rings is 1. The standard InChI is InChI=1S/C12H10BrN3S/c1-7-5-9(13)3-4-11(7)15-12-10(6-14)8(2)16-17-12/h3-5,15H,1-2H3. The summed E-state index contributed by atoms with van der Waals surface area (Å²) >= 11 is 4.74. The van der Waals surface area contributed by atoms with E-state index in [0.29, 0.717) is 5.56 Å². The van der Waals surface area contributed by atoms with Gasteiger partial charge in [-0.3, -0.25) is 0 Å². The minimum absolute atomic E-state index is 0.623. The summed E-state index contributed by atoms with van der Waals surface area (Å²) in [5, 5.41) is 13.1. The summed E-state index contributed by atoms with van der Waals surface area (Å²) in [6.07, 6.45) is 0. The monoisotopic (exact) mass is 307 g/mol. The first-order valence-corrected chi connectivity index (χ1v) is 6.58. The molecule has 3 nitrogen and oxygen atoms in total. The van der Waals surface area contributed by atoms with Crippen LogP contribution in [0.3, 0.4) is 0 Å². The van der Waals surface area contributed by atoms with Gasteiger partial charge in [-0.15, -0.1) is 0 Å². The maximum Gasteiger partial charge on any atom is 0.132 e. The lowest BCUT2D eigenvalue weighted by atomic mass is 10.2. The maximum absolute atomic E-state index is 9.05. The third-order valence-corrected chi connectivity index (χ3v) is 3.76. The van der Waals surface area contributed by atoms with Crippen molar-refractivity contribution in [1.29, 1.82) is 5.26 Å². The molecule has 2 rings (SSSR count). The molecule has 0 unspecified atom stereocenters. The fourth-order valence-electron chi connectivity index (χ4n) is 1.48. The van der Waals surface area contributed by atoms with Crippen LogP contribution in [0.4, 0.5) is 10.7 Å². The van der Waals surface area contributed by atoms with Crippen molar-refractivity contribution < 1.29 is 0 Å². The third kappa shape index (κ3) is 2.48. The van der Waals surface area contributed by atoms with Gasteiger partial charge in [0.05, 0.1) is 5.69 Å². The molecule has 1 heterocycles. The molecular weight excluding hydrogens is 298 g/mol. The van der Waals surface area contributed by atoms with Crippen molar-refractivity contribution in [3.8, 4) is 6.07 Å². The molecule has 0 aliphatic carbocycles. The largest absolute Gasteiger partial charge is 0.345 e. The van der Waals surface area contributed by atoms with Gasteiger partial charge in [0, 0.05) is 10.2 Å². The number of aryl methyl sites for hydroxylation is 2. The van der Waals surface area contributed by atoms with Crippen molar-refractivity contribution in [3.05, 3.63) is 39.5 Å². The van der Waals surface area contributed by atoms with Gasteiger partial charge in [0.15, 0.2) is 0 Å². The van der Waals surface area contributed by atoms with Crippen molar-refractivity contribution in [2.24, 2.45) is 0 Å². The molecular formula is C12H10BrN3S. The molecule has 2 aromatic rings. The van der Waals surface area contributed by atoms with Crippen molar-refractivity contribution in [2.75, 3.05) is 5.32 Å². The lowest BCUT2D eigenvalue weighted by molar-refractivity contribution is 1.31. The molecule has 0 saturated heterocycles. The molecule has 0 aliphatic heterocycles. The van der Waals surface area contributed by atoms with Gasteiger partial charge < -0.3 is 5.32 Å². The summed E-state index contributed by atoms with van der Waals surface area (Å²) in [7, 11) is 0. The van der Waals surface area contributed by atoms with E-state index in [-0.39, 0.29) is 0 Å². The number of hydrogen-bond acceptors (Lipinski definition) is 4. The Morgan fingerprint density at radius 1 is 1.41 bits per heavy atom. The summed E-state index contributed by atoms with van der Waals surface area (Å²) in [6, 6.07) is 8.15. The van der Waals surface area contributed by atoms with E-state index in [1.54, 1.807) is 0 Å². The Morgan fingerprint density at radius 3 is 2.82 bits per heavy atom. The molecule has 0 amide bonds. The van der Waals surface area contributed by atoms with E-state index < -0.39 is 0 Å². The molecule has 1 aromatic carbocycles. The quantitative estimate of drug-likeness (QED) is 0.907. The predicted molar refractivity (Wildman–Crippen MR) is 73.7 cm³/mol. The maximum atomic E-state index is 9.05. The normalized spacial score (nSPS) is 10.0. The van der Waals surface area contributed by atoms with Gasteiger partial charge in [-0.2, -0.15) is 9.64 Å². The molecule has 17 heavy (non-hydrogen) atoms. The van der Waals surface area contributed by atoms with Gasteiger partial charge >= 0.3 is 0 Å². The zero-order chi connectivity index (χ0) is 12.4. The van der Waals surface area contributed by atoms with Crippen molar-refractivity contribution in [1.82, 2.24) is 4.37 Å². The van der Waals surface area contributed by atoms with E-state index >= 15 is 0 Å². The van der Waals surface area contributed by atoms with Crippen LogP contribution >= 0.6 is 27.5 Å². The molecule has 86 valence electrons. The van der Waals surface area contributed by atoms with Crippen LogP contribution in [0.1, 0.15) is 16.8 Å². The van der Waals surface area contributed by atoms with Gasteiger partial charge in [0.1, 0.15) is 16.6 Å². The number of halogens is 1. The third-order valence-electron chi connectivity index (χ3n) is 2.41. The van der Waals surface area contributed by atoms with Crippen molar-refractivity contribution in [3.63, 3.8) is 0 Å². The molecule has 0 bridgehead atoms. The number of anilines is 2. The molecule has 1 N–H and O–H groups in total. The van der Waals surface area contributed by atoms with Crippen LogP contribution in [0.25, 0.3) is 0 Å². The number of rotatable bonds is 2. The van der Waals surface area contributed by atoms with E-state index in [4.69, 9.17) is 5.26 Å². The number of nitrogens with zero attached hydrogens (tertiary/aromatic N) is 2. The first-order chi connectivity index (χ1) is 8.11. The van der Waals surface area contributed by atoms with Crippen molar-refractivity contribution in [2.45, 2.75) is 13.8 Å². The Bertz CT molecular complexity index is 598. The van der Waals surface area contributed by atoms with Gasteiger partial charge in [0.2, 0.25) is 0 Å². The van der Waals surface area contributed by atoms with Crippen LogP contribution in [0, 0.1) is 25.2 Å². The van der Waals surface area contributed by atoms with E-state index in [0.717, 1.165) is 26.4 Å². The highest BCUT2D eigenvalue weighted by molar-refractivity contribution is 9.10. The van der Waals surface area contributed by atoms with Gasteiger partial charge in [-0.1, -0.05) is 15.9 Å². The van der Waals surface area contributed by atoms with Crippen LogP contribution in [-0.4, -0.2) is 4.37 Å². The van der Waals surface area contributed by atoms with Gasteiger partial charge in [0.25, 0.3) is 0 Å². The molecule has 0 spiro atoms. The zero-order valence-electron chi connectivity index (χ0n) is 9.41. The average Bonchev–Trinajstić information content (AvgIpc) is 2.63. The lowest BCUT2D eigenvalue weighted by Crippen LogP contribution is -1.93. The number of aromatic nitrogens is 1. The Kier molecular flexibility index (Phi) is 3.46. The smallest absolute Gasteiger partial charge is 0.132 e. The number of nitrogens with one attached hydrogen (secondary N) is 1. The fourth-order valence-corrected chi connectivity index (χ4v) is 2.71. The topological polar surface area (TPSA) is 48.7 Å². The molecule has 0 radical (unpaired) electrons. The van der Waals surface area contributed by atoms with E-state index in [1.165, 1.54) is 11.5 Å². The molecule has 5 heteroatoms. The SMILES string of the molecule is Cc1cc(Br)ccc1Nc1snc(C)c1C#N.